The fourth-order valence-electron chi connectivity index (χ4n) is 8.58. The highest BCUT2D eigenvalue weighted by Crippen LogP contribution is 2.51. The van der Waals surface area contributed by atoms with Gasteiger partial charge in [0.1, 0.15) is 11.5 Å². The van der Waals surface area contributed by atoms with Gasteiger partial charge in [-0.2, -0.15) is 0 Å². The van der Waals surface area contributed by atoms with Crippen molar-refractivity contribution in [1.82, 2.24) is 0 Å². The number of fused-ring (bicyclic) bond motifs is 2. The molecule has 248 valence electrons. The molecule has 0 radical (unpaired) electrons. The minimum absolute atomic E-state index is 0.0608. The highest BCUT2D eigenvalue weighted by Gasteiger charge is 2.41. The molecule has 4 N–H and O–H groups in total. The smallest absolute Gasteiger partial charge is 0.128 e. The van der Waals surface area contributed by atoms with Gasteiger partial charge in [0, 0.05) is 13.1 Å². The molecule has 0 heterocycles. The average molecular weight is 629 g/mol. The van der Waals surface area contributed by atoms with E-state index in [9.17, 15) is 0 Å². The topological polar surface area (TPSA) is 61.3 Å². The Morgan fingerprint density at radius 2 is 0.809 bits per heavy atom. The molecule has 0 aliphatic heterocycles. The van der Waals surface area contributed by atoms with E-state index in [2.05, 4.69) is 128 Å². The van der Waals surface area contributed by atoms with Crippen molar-refractivity contribution in [2.24, 2.45) is 11.5 Å². The predicted octanol–water partition coefficient (Wildman–Crippen LogP) is 10.3. The third kappa shape index (κ3) is 6.42. The van der Waals surface area contributed by atoms with Crippen molar-refractivity contribution in [3.8, 4) is 11.5 Å². The molecule has 0 aromatic heterocycles. The summed E-state index contributed by atoms with van der Waals surface area (Å²) in [4.78, 5) is 0. The van der Waals surface area contributed by atoms with Crippen molar-refractivity contribution < 1.29 is 4.74 Å². The molecule has 2 aliphatic carbocycles. The van der Waals surface area contributed by atoms with E-state index in [4.69, 9.17) is 16.2 Å². The van der Waals surface area contributed by atoms with E-state index in [1.54, 1.807) is 0 Å². The molecule has 47 heavy (non-hydrogen) atoms. The lowest BCUT2D eigenvalue weighted by atomic mass is 9.61. The van der Waals surface area contributed by atoms with Crippen LogP contribution in [-0.2, 0) is 47.6 Å². The summed E-state index contributed by atoms with van der Waals surface area (Å²) in [6.07, 6.45) is 6.34. The molecule has 3 heteroatoms. The van der Waals surface area contributed by atoms with E-state index in [-0.39, 0.29) is 21.7 Å². The number of rotatable bonds is 8. The van der Waals surface area contributed by atoms with Gasteiger partial charge in [-0.15, -0.1) is 0 Å². The predicted molar refractivity (Wildman–Crippen MR) is 198 cm³/mol. The molecule has 6 rings (SSSR count). The lowest BCUT2D eigenvalue weighted by molar-refractivity contribution is 0.326. The van der Waals surface area contributed by atoms with Crippen molar-refractivity contribution in [3.63, 3.8) is 0 Å². The maximum Gasteiger partial charge on any atom is 0.128 e. The van der Waals surface area contributed by atoms with Crippen LogP contribution in [0.15, 0.2) is 72.8 Å². The molecule has 0 amide bonds. The van der Waals surface area contributed by atoms with Crippen molar-refractivity contribution in [1.29, 1.82) is 0 Å². The summed E-state index contributed by atoms with van der Waals surface area (Å²) in [6.45, 7) is 20.4. The monoisotopic (exact) mass is 628 g/mol. The summed E-state index contributed by atoms with van der Waals surface area (Å²) in [5, 5.41) is 0. The summed E-state index contributed by atoms with van der Waals surface area (Å²) < 4.78 is 7.05. The lowest BCUT2D eigenvalue weighted by Crippen LogP contribution is -2.35. The molecular formula is C44H56N2O. The van der Waals surface area contributed by atoms with Gasteiger partial charge in [-0.1, -0.05) is 104 Å². The molecule has 4 aromatic rings. The standard InChI is InChI=1S/C44H56N2O/c1-41(2)17-19-43(5,6)39-33(21-29-13-9-11-15-31(29)27-45)23-35(25-37(39)41)47-36-24-34(22-30-14-10-12-16-32(30)28-46)40-38(26-36)42(3,4)18-20-44(40,7)8/h9-16,23-26H,17-22,27-28,45-46H2,1-8H3. The number of ether oxygens (including phenoxy) is 1. The van der Waals surface area contributed by atoms with Crippen molar-refractivity contribution in [2.75, 3.05) is 0 Å². The third-order valence-electron chi connectivity index (χ3n) is 11.6. The van der Waals surface area contributed by atoms with E-state index >= 15 is 0 Å². The second kappa shape index (κ2) is 12.2. The Morgan fingerprint density at radius 1 is 0.468 bits per heavy atom. The number of nitrogens with two attached hydrogens (primary N) is 2. The molecule has 2 aliphatic rings. The zero-order valence-corrected chi connectivity index (χ0v) is 30.1. The van der Waals surface area contributed by atoms with Crippen molar-refractivity contribution in [3.05, 3.63) is 128 Å². The maximum atomic E-state index is 7.05. The molecular weight excluding hydrogens is 572 g/mol. The molecule has 0 fully saturated rings. The summed E-state index contributed by atoms with van der Waals surface area (Å²) in [6, 6.07) is 26.6. The summed E-state index contributed by atoms with van der Waals surface area (Å²) in [7, 11) is 0. The van der Waals surface area contributed by atoms with Crippen LogP contribution in [0.3, 0.4) is 0 Å². The van der Waals surface area contributed by atoms with Crippen LogP contribution in [0, 0.1) is 0 Å². The molecule has 0 bridgehead atoms. The normalized spacial score (nSPS) is 18.7. The zero-order chi connectivity index (χ0) is 33.8. The van der Waals surface area contributed by atoms with Crippen LogP contribution in [-0.4, -0.2) is 0 Å². The second-order valence-corrected chi connectivity index (χ2v) is 16.9. The second-order valence-electron chi connectivity index (χ2n) is 16.9. The SMILES string of the molecule is CC1(C)CCC(C)(C)c2c(Cc3ccccc3CN)cc(Oc3cc(Cc4ccccc4CN)c4c(c3)C(C)(C)CCC4(C)C)cc21. The van der Waals surface area contributed by atoms with E-state index in [0.29, 0.717) is 13.1 Å². The van der Waals surface area contributed by atoms with E-state index in [1.165, 1.54) is 68.5 Å². The van der Waals surface area contributed by atoms with E-state index < -0.39 is 0 Å². The van der Waals surface area contributed by atoms with Crippen LogP contribution in [0.5, 0.6) is 11.5 Å². The molecule has 0 saturated carbocycles. The van der Waals surface area contributed by atoms with Crippen LogP contribution < -0.4 is 16.2 Å². The first-order valence-corrected chi connectivity index (χ1v) is 17.7. The van der Waals surface area contributed by atoms with Crippen LogP contribution in [0.1, 0.15) is 137 Å². The summed E-state index contributed by atoms with van der Waals surface area (Å²) in [5.74, 6) is 1.85. The molecule has 0 spiro atoms. The number of hydrogen-bond acceptors (Lipinski definition) is 3. The van der Waals surface area contributed by atoms with Crippen LogP contribution in [0.25, 0.3) is 0 Å². The fourth-order valence-corrected chi connectivity index (χ4v) is 8.58. The van der Waals surface area contributed by atoms with Crippen molar-refractivity contribution in [2.45, 2.75) is 129 Å². The quantitative estimate of drug-likeness (QED) is 0.204. The maximum absolute atomic E-state index is 7.05. The van der Waals surface area contributed by atoms with Crippen LogP contribution in [0.2, 0.25) is 0 Å². The lowest BCUT2D eigenvalue weighted by Gasteiger charge is -2.44. The first kappa shape index (κ1) is 33.5. The molecule has 0 atom stereocenters. The Hall–Kier alpha value is -3.40. The Labute approximate surface area is 284 Å². The highest BCUT2D eigenvalue weighted by molar-refractivity contribution is 5.56. The van der Waals surface area contributed by atoms with Crippen LogP contribution >= 0.6 is 0 Å². The van der Waals surface area contributed by atoms with E-state index in [0.717, 1.165) is 37.2 Å². The number of benzene rings is 4. The molecule has 0 saturated heterocycles. The zero-order valence-electron chi connectivity index (χ0n) is 30.1. The Balaban J connectivity index is 1.51. The van der Waals surface area contributed by atoms with Gasteiger partial charge in [-0.3, -0.25) is 0 Å². The Bertz CT molecular complexity index is 1660. The molecule has 3 nitrogen and oxygen atoms in total. The van der Waals surface area contributed by atoms with Gasteiger partial charge in [-0.25, -0.2) is 0 Å². The third-order valence-corrected chi connectivity index (χ3v) is 11.6. The summed E-state index contributed by atoms with van der Waals surface area (Å²) in [5.41, 5.74) is 26.3. The van der Waals surface area contributed by atoms with Gasteiger partial charge in [0.05, 0.1) is 0 Å². The summed E-state index contributed by atoms with van der Waals surface area (Å²) >= 11 is 0. The Morgan fingerprint density at radius 3 is 1.17 bits per heavy atom. The fraction of sp³-hybridized carbons (Fsp3) is 0.455. The van der Waals surface area contributed by atoms with Gasteiger partial charge in [0.2, 0.25) is 0 Å². The van der Waals surface area contributed by atoms with Crippen LogP contribution in [0.4, 0.5) is 0 Å². The average Bonchev–Trinajstić information content (AvgIpc) is 3.02. The van der Waals surface area contributed by atoms with Crippen molar-refractivity contribution >= 4 is 0 Å². The van der Waals surface area contributed by atoms with E-state index in [1.807, 2.05) is 0 Å². The Kier molecular flexibility index (Phi) is 8.73. The highest BCUT2D eigenvalue weighted by atomic mass is 16.5. The molecule has 0 unspecified atom stereocenters. The van der Waals surface area contributed by atoms with Gasteiger partial charge < -0.3 is 16.2 Å². The largest absolute Gasteiger partial charge is 0.457 e. The molecule has 4 aromatic carbocycles. The van der Waals surface area contributed by atoms with Gasteiger partial charge >= 0.3 is 0 Å². The van der Waals surface area contributed by atoms with Gasteiger partial charge in [0.25, 0.3) is 0 Å². The van der Waals surface area contributed by atoms with Gasteiger partial charge in [-0.05, 0) is 140 Å². The minimum Gasteiger partial charge on any atom is -0.457 e. The first-order chi connectivity index (χ1) is 22.1. The minimum atomic E-state index is 0.0608. The number of hydrogen-bond donors (Lipinski definition) is 2. The van der Waals surface area contributed by atoms with Gasteiger partial charge in [0.15, 0.2) is 0 Å². The first-order valence-electron chi connectivity index (χ1n) is 17.7.